The average molecular weight is 361 g/mol. The number of fused-ring (bicyclic) bond motifs is 1. The van der Waals surface area contributed by atoms with E-state index in [4.69, 9.17) is 4.74 Å². The lowest BCUT2D eigenvalue weighted by molar-refractivity contribution is -0.149. The quantitative estimate of drug-likeness (QED) is 0.765. The molecule has 1 saturated heterocycles. The molecule has 0 bridgehead atoms. The van der Waals surface area contributed by atoms with Crippen LogP contribution in [0.4, 0.5) is 0 Å². The van der Waals surface area contributed by atoms with Gasteiger partial charge in [-0.15, -0.1) is 0 Å². The van der Waals surface area contributed by atoms with Gasteiger partial charge in [-0.25, -0.2) is 4.98 Å². The fourth-order valence-corrected chi connectivity index (χ4v) is 3.79. The van der Waals surface area contributed by atoms with Gasteiger partial charge in [0, 0.05) is 13.1 Å². The summed E-state index contributed by atoms with van der Waals surface area (Å²) in [6.07, 6.45) is 3.37. The molecule has 0 unspecified atom stereocenters. The first-order chi connectivity index (χ1) is 12.1. The number of aromatic nitrogens is 2. The normalized spacial score (nSPS) is 15.5. The Hall–Kier alpha value is -2.02. The van der Waals surface area contributed by atoms with Crippen LogP contribution in [0, 0.1) is 5.92 Å². The number of para-hydroxylation sites is 2. The number of thioether (sulfide) groups is 1. The van der Waals surface area contributed by atoms with Crippen LogP contribution in [0.25, 0.3) is 11.0 Å². The molecule has 1 aliphatic heterocycles. The Morgan fingerprint density at radius 1 is 1.28 bits per heavy atom. The summed E-state index contributed by atoms with van der Waals surface area (Å²) in [6.45, 7) is 1.49. The molecule has 1 aliphatic rings. The molecule has 1 amide bonds. The zero-order chi connectivity index (χ0) is 17.8. The van der Waals surface area contributed by atoms with Gasteiger partial charge in [0.1, 0.15) is 12.4 Å². The number of carbonyl (C=O) groups excluding carboxylic acids is 2. The van der Waals surface area contributed by atoms with Crippen molar-refractivity contribution in [3.8, 4) is 0 Å². The molecule has 0 saturated carbocycles. The second-order valence-electron chi connectivity index (χ2n) is 6.21. The number of likely N-dealkylation sites (tertiary alicyclic amines) is 1. The fraction of sp³-hybridized carbons (Fsp3) is 0.500. The van der Waals surface area contributed by atoms with Crippen LogP contribution in [-0.4, -0.2) is 52.8 Å². The summed E-state index contributed by atoms with van der Waals surface area (Å²) >= 11 is 1.69. The molecule has 1 fully saturated rings. The molecule has 2 aromatic rings. The number of hydrogen-bond acceptors (Lipinski definition) is 5. The van der Waals surface area contributed by atoms with E-state index in [0.717, 1.165) is 22.6 Å². The number of carbonyl (C=O) groups is 2. The minimum absolute atomic E-state index is 0.0776. The van der Waals surface area contributed by atoms with E-state index in [0.29, 0.717) is 32.5 Å². The van der Waals surface area contributed by atoms with Crippen molar-refractivity contribution in [2.45, 2.75) is 25.1 Å². The monoisotopic (exact) mass is 361 g/mol. The minimum Gasteiger partial charge on any atom is -0.469 e. The first-order valence-electron chi connectivity index (χ1n) is 8.42. The van der Waals surface area contributed by atoms with Gasteiger partial charge in [-0.1, -0.05) is 12.1 Å². The summed E-state index contributed by atoms with van der Waals surface area (Å²) in [7, 11) is 1.41. The van der Waals surface area contributed by atoms with Crippen molar-refractivity contribution < 1.29 is 14.3 Å². The molecular weight excluding hydrogens is 338 g/mol. The molecule has 25 heavy (non-hydrogen) atoms. The molecule has 0 N–H and O–H groups in total. The number of benzene rings is 1. The number of methoxy groups -OCH3 is 1. The summed E-state index contributed by atoms with van der Waals surface area (Å²) in [4.78, 5) is 30.9. The van der Waals surface area contributed by atoms with Crippen molar-refractivity contribution in [1.29, 1.82) is 0 Å². The molecule has 1 aromatic heterocycles. The van der Waals surface area contributed by atoms with E-state index < -0.39 is 0 Å². The molecule has 1 aromatic carbocycles. The number of amides is 1. The van der Waals surface area contributed by atoms with E-state index in [-0.39, 0.29) is 17.8 Å². The van der Waals surface area contributed by atoms with E-state index >= 15 is 0 Å². The summed E-state index contributed by atoms with van der Waals surface area (Å²) < 4.78 is 6.82. The van der Waals surface area contributed by atoms with E-state index in [9.17, 15) is 9.59 Å². The third kappa shape index (κ3) is 3.81. The molecule has 2 heterocycles. The number of esters is 1. The largest absolute Gasteiger partial charge is 0.469 e. The van der Waals surface area contributed by atoms with Crippen LogP contribution in [0.15, 0.2) is 24.3 Å². The van der Waals surface area contributed by atoms with Crippen molar-refractivity contribution in [2.75, 3.05) is 26.5 Å². The van der Waals surface area contributed by atoms with E-state index in [1.165, 1.54) is 7.11 Å². The van der Waals surface area contributed by atoms with Crippen LogP contribution in [0.1, 0.15) is 18.7 Å². The van der Waals surface area contributed by atoms with Crippen LogP contribution in [0.3, 0.4) is 0 Å². The maximum Gasteiger partial charge on any atom is 0.308 e. The molecule has 7 heteroatoms. The molecule has 0 radical (unpaired) electrons. The summed E-state index contributed by atoms with van der Waals surface area (Å²) in [5, 5.41) is 0. The highest BCUT2D eigenvalue weighted by atomic mass is 32.2. The zero-order valence-electron chi connectivity index (χ0n) is 14.6. The number of rotatable bonds is 5. The number of nitrogens with zero attached hydrogens (tertiary/aromatic N) is 3. The lowest BCUT2D eigenvalue weighted by atomic mass is 9.97. The van der Waals surface area contributed by atoms with Gasteiger partial charge in [0.15, 0.2) is 0 Å². The van der Waals surface area contributed by atoms with Gasteiger partial charge >= 0.3 is 5.97 Å². The van der Waals surface area contributed by atoms with Gasteiger partial charge < -0.3 is 14.2 Å². The lowest BCUT2D eigenvalue weighted by Gasteiger charge is -2.31. The van der Waals surface area contributed by atoms with Crippen LogP contribution in [0.2, 0.25) is 0 Å². The minimum atomic E-state index is -0.171. The number of imidazole rings is 1. The fourth-order valence-electron chi connectivity index (χ4n) is 3.31. The van der Waals surface area contributed by atoms with E-state index in [1.807, 2.05) is 40.0 Å². The maximum atomic E-state index is 12.8. The molecule has 0 spiro atoms. The molecular formula is C18H23N3O3S. The van der Waals surface area contributed by atoms with Crippen molar-refractivity contribution >= 4 is 34.7 Å². The van der Waals surface area contributed by atoms with Gasteiger partial charge in [-0.2, -0.15) is 11.8 Å². The Bertz CT molecular complexity index is 766. The number of hydrogen-bond donors (Lipinski definition) is 0. The Morgan fingerprint density at radius 3 is 2.68 bits per heavy atom. The van der Waals surface area contributed by atoms with E-state index in [1.54, 1.807) is 11.8 Å². The van der Waals surface area contributed by atoms with E-state index in [2.05, 4.69) is 4.98 Å². The molecule has 3 rings (SSSR count). The predicted octanol–water partition coefficient (Wildman–Crippen LogP) is 2.31. The van der Waals surface area contributed by atoms with Gasteiger partial charge in [0.05, 0.1) is 29.8 Å². The molecule has 6 nitrogen and oxygen atoms in total. The van der Waals surface area contributed by atoms with Crippen molar-refractivity contribution in [2.24, 2.45) is 5.92 Å². The van der Waals surface area contributed by atoms with Gasteiger partial charge in [0.2, 0.25) is 5.91 Å². The molecule has 0 atom stereocenters. The Balaban J connectivity index is 1.72. The van der Waals surface area contributed by atoms with Crippen LogP contribution < -0.4 is 0 Å². The smallest absolute Gasteiger partial charge is 0.308 e. The number of ether oxygens (including phenoxy) is 1. The van der Waals surface area contributed by atoms with Crippen molar-refractivity contribution in [3.63, 3.8) is 0 Å². The Kier molecular flexibility index (Phi) is 5.63. The lowest BCUT2D eigenvalue weighted by Crippen LogP contribution is -2.42. The van der Waals surface area contributed by atoms with Crippen molar-refractivity contribution in [3.05, 3.63) is 30.1 Å². The number of piperidine rings is 1. The summed E-state index contributed by atoms with van der Waals surface area (Å²) in [5.74, 6) is 1.51. The van der Waals surface area contributed by atoms with Gasteiger partial charge in [-0.05, 0) is 31.2 Å². The third-order valence-electron chi connectivity index (χ3n) is 4.68. The first kappa shape index (κ1) is 17.8. The van der Waals surface area contributed by atoms with Gasteiger partial charge in [0.25, 0.3) is 0 Å². The summed E-state index contributed by atoms with van der Waals surface area (Å²) in [6, 6.07) is 7.91. The van der Waals surface area contributed by atoms with Crippen LogP contribution in [-0.2, 0) is 26.6 Å². The topological polar surface area (TPSA) is 64.4 Å². The Labute approximate surface area is 151 Å². The highest BCUT2D eigenvalue weighted by Crippen LogP contribution is 2.21. The highest BCUT2D eigenvalue weighted by Gasteiger charge is 2.28. The highest BCUT2D eigenvalue weighted by molar-refractivity contribution is 7.97. The van der Waals surface area contributed by atoms with Gasteiger partial charge in [-0.3, -0.25) is 9.59 Å². The van der Waals surface area contributed by atoms with Crippen LogP contribution >= 0.6 is 11.8 Å². The molecule has 134 valence electrons. The SMILES string of the molecule is COC(=O)C1CCN(C(=O)Cn2c(CSC)nc3ccccc32)CC1. The maximum absolute atomic E-state index is 12.8. The summed E-state index contributed by atoms with van der Waals surface area (Å²) in [5.41, 5.74) is 1.91. The molecule has 0 aliphatic carbocycles. The van der Waals surface area contributed by atoms with Crippen molar-refractivity contribution in [1.82, 2.24) is 14.5 Å². The first-order valence-corrected chi connectivity index (χ1v) is 9.82. The second-order valence-corrected chi connectivity index (χ2v) is 7.08. The average Bonchev–Trinajstić information content (AvgIpc) is 2.99. The Morgan fingerprint density at radius 2 is 2.00 bits per heavy atom. The third-order valence-corrected chi connectivity index (χ3v) is 5.23. The predicted molar refractivity (Wildman–Crippen MR) is 98.3 cm³/mol. The standard InChI is InChI=1S/C18H23N3O3S/c1-24-18(23)13-7-9-20(10-8-13)17(22)11-21-15-6-4-3-5-14(15)19-16(21)12-25-2/h3-6,13H,7-12H2,1-2H3. The van der Waals surface area contributed by atoms with Crippen LogP contribution in [0.5, 0.6) is 0 Å². The zero-order valence-corrected chi connectivity index (χ0v) is 15.4. The second kappa shape index (κ2) is 7.91.